The molecule has 20 N–H and O–H groups in total. The molecule has 0 radical (unpaired) electrons. The van der Waals surface area contributed by atoms with Crippen LogP contribution in [0.2, 0.25) is 0 Å². The van der Waals surface area contributed by atoms with Gasteiger partial charge in [-0.2, -0.15) is 0 Å². The number of aliphatic hydroxyl groups is 10. The van der Waals surface area contributed by atoms with Crippen LogP contribution in [0.25, 0.3) is 0 Å². The third-order valence-corrected chi connectivity index (χ3v) is 21.6. The fourth-order valence-corrected chi connectivity index (χ4v) is 14.7. The molecule has 0 aromatic rings. The number of ketones is 1. The molecule has 0 aromatic heterocycles. The summed E-state index contributed by atoms with van der Waals surface area (Å²) in [6, 6.07) is -3.80. The van der Waals surface area contributed by atoms with E-state index in [0.29, 0.717) is 70.6 Å². The molecule has 4 saturated heterocycles. The molecule has 4 aliphatic heterocycles. The number of carbonyl (C=O) groups excluding carboxylic acids is 11. The minimum Gasteiger partial charge on any atom is -0.394 e. The van der Waals surface area contributed by atoms with Crippen LogP contribution in [0.5, 0.6) is 0 Å². The number of β-amino-alcohol motifs (C(OH)–C–C–N with tert-alkyl or cyclic N) is 1. The summed E-state index contributed by atoms with van der Waals surface area (Å²) in [5.41, 5.74) is -1.21. The number of nitrogens with one attached hydrogen (secondary N) is 9. The van der Waals surface area contributed by atoms with Gasteiger partial charge in [-0.3, -0.25) is 57.3 Å². The molecule has 43 nitrogen and oxygen atoms in total. The number of ether oxygens (including phenoxy) is 9. The molecule has 10 amide bonds. The van der Waals surface area contributed by atoms with Crippen molar-refractivity contribution in [1.29, 1.82) is 0 Å². The molecule has 716 valence electrons. The summed E-state index contributed by atoms with van der Waals surface area (Å²) >= 11 is 0. The van der Waals surface area contributed by atoms with Crippen LogP contribution in [-0.4, -0.2) is 368 Å². The van der Waals surface area contributed by atoms with Crippen molar-refractivity contribution < 1.29 is 160 Å². The average Bonchev–Trinajstić information content (AvgIpc) is 1.01. The van der Waals surface area contributed by atoms with Crippen molar-refractivity contribution >= 4 is 72.5 Å². The van der Waals surface area contributed by atoms with Gasteiger partial charge in [0, 0.05) is 156 Å². The van der Waals surface area contributed by atoms with E-state index in [-0.39, 0.29) is 223 Å². The van der Waals surface area contributed by atoms with E-state index in [9.17, 15) is 113 Å². The molecule has 0 bridgehead atoms. The molecular formula is C80H143N10O33P. The molecule has 4 fully saturated rings. The Balaban J connectivity index is 1.31. The van der Waals surface area contributed by atoms with Crippen molar-refractivity contribution in [3.8, 4) is 0 Å². The Bertz CT molecular complexity index is 2950. The van der Waals surface area contributed by atoms with Crippen molar-refractivity contribution in [2.24, 2.45) is 5.41 Å². The lowest BCUT2D eigenvalue weighted by atomic mass is 9.84. The van der Waals surface area contributed by atoms with Crippen molar-refractivity contribution in [3.63, 3.8) is 0 Å². The van der Waals surface area contributed by atoms with Crippen LogP contribution >= 0.6 is 7.60 Å². The van der Waals surface area contributed by atoms with E-state index in [1.807, 2.05) is 0 Å². The highest BCUT2D eigenvalue weighted by atomic mass is 31.2. The predicted molar refractivity (Wildman–Crippen MR) is 440 cm³/mol. The van der Waals surface area contributed by atoms with E-state index in [1.165, 1.54) is 25.7 Å². The lowest BCUT2D eigenvalue weighted by Gasteiger charge is -2.42. The van der Waals surface area contributed by atoms with E-state index < -0.39 is 155 Å². The maximum atomic E-state index is 14.2. The molecule has 4 rings (SSSR count). The molecule has 0 aromatic carbocycles. The average molecular weight is 1800 g/mol. The molecule has 0 aliphatic carbocycles. The first-order chi connectivity index (χ1) is 59.2. The minimum absolute atomic E-state index is 0.0698. The van der Waals surface area contributed by atoms with Crippen LogP contribution in [0, 0.1) is 5.41 Å². The molecule has 4 aliphatic rings. The van der Waals surface area contributed by atoms with Gasteiger partial charge in [-0.25, -0.2) is 0 Å². The Kier molecular flexibility index (Phi) is 55.1. The number of likely N-dealkylation sites (tertiary alicyclic amines) is 1. The standard InChI is InChI=1S/C80H143N10O33P/c1-52(94)87-68-74(109)71(106)58(45-91)121-77(68)117-36-16-13-23-61(99)81-30-19-33-84-64(102)27-39-114-49-80(43-56(97)22-11-9-7-5-6-8-10-12-26-67(105)90-44-57(98)42-55(90)48-120-124(4,112)113,50-115-40-28-65(103)85-34-20-31-82-62(100)24-14-17-37-118-78-69(88-53(2)95)75(110)72(107)59(46-92)122-78)51-116-41-29-66(104)86-35-21-32-83-63(101)25-15-18-38-119-79-70(89-54(3)96)76(111)73(108)60(47-93)123-79/h55,57-60,68-79,91-93,98,106-111H,5-51H2,1-4H3,(H,81,99)(H,82,100)(H,83,101)(H,84,102)(H,85,103)(H,86,104)(H,87,94)(H,88,95)(H,89,96)(H,112,113)/t55-,57+,58?,59?,60?,68?,69?,70?,71?,72?,73?,74?,75?,76?,77?,78?,79?,80?/m0/s1. The number of hydrogen-bond donors (Lipinski definition) is 20. The van der Waals surface area contributed by atoms with Gasteiger partial charge >= 0.3 is 7.60 Å². The van der Waals surface area contributed by atoms with Gasteiger partial charge in [0.15, 0.2) is 18.9 Å². The second-order valence-electron chi connectivity index (χ2n) is 32.1. The third kappa shape index (κ3) is 45.1. The zero-order valence-corrected chi connectivity index (χ0v) is 73.2. The topological polar surface area (TPSA) is 631 Å². The van der Waals surface area contributed by atoms with Crippen LogP contribution in [0.1, 0.15) is 194 Å². The first-order valence-electron chi connectivity index (χ1n) is 43.5. The summed E-state index contributed by atoms with van der Waals surface area (Å²) in [5, 5.41) is 126. The SMILES string of the molecule is CC(=O)NC1C(OCCCCC(=O)NCCCNC(=O)CCOCC(COCCC(=O)NCCCNC(=O)CCCCOC2OC(CO)C(O)C(O)C2NC(C)=O)(COCCC(=O)NCCCNC(=O)CCCCOC2OC(CO)C(O)C(O)C2NC(C)=O)CC(=O)CCCCCCCCCCC(=O)N2C[C@H](O)C[C@H]2COP(C)(=O)O)OC(CO)C(O)C1O. The van der Waals surface area contributed by atoms with Crippen molar-refractivity contribution in [1.82, 2.24) is 52.8 Å². The van der Waals surface area contributed by atoms with Gasteiger partial charge in [-0.05, 0) is 77.0 Å². The number of Topliss-reactive ketones (excluding diaryl/α,β-unsaturated/α-hetero) is 1. The number of carbonyl (C=O) groups is 11. The highest BCUT2D eigenvalue weighted by molar-refractivity contribution is 7.51. The van der Waals surface area contributed by atoms with Crippen molar-refractivity contribution in [2.45, 2.75) is 298 Å². The summed E-state index contributed by atoms with van der Waals surface area (Å²) in [6.07, 6.45) is -6.17. The lowest BCUT2D eigenvalue weighted by molar-refractivity contribution is -0.270. The van der Waals surface area contributed by atoms with Gasteiger partial charge < -0.3 is 156 Å². The van der Waals surface area contributed by atoms with Gasteiger partial charge in [0.25, 0.3) is 0 Å². The van der Waals surface area contributed by atoms with E-state index >= 15 is 0 Å². The number of hydrogen-bond acceptors (Lipinski definition) is 32. The molecule has 0 saturated carbocycles. The van der Waals surface area contributed by atoms with Gasteiger partial charge in [-0.15, -0.1) is 0 Å². The quantitative estimate of drug-likeness (QED) is 0.0204. The van der Waals surface area contributed by atoms with Gasteiger partial charge in [0.1, 0.15) is 78.8 Å². The number of amides is 10. The van der Waals surface area contributed by atoms with Gasteiger partial charge in [-0.1, -0.05) is 38.5 Å². The number of aliphatic hydroxyl groups excluding tert-OH is 10. The van der Waals surface area contributed by atoms with E-state index in [1.54, 1.807) is 0 Å². The highest BCUT2D eigenvalue weighted by Gasteiger charge is 2.48. The summed E-state index contributed by atoms with van der Waals surface area (Å²) in [4.78, 5) is 151. The first kappa shape index (κ1) is 110. The summed E-state index contributed by atoms with van der Waals surface area (Å²) in [5.74, 6) is -3.68. The van der Waals surface area contributed by atoms with E-state index in [2.05, 4.69) is 47.9 Å². The Labute approximate surface area is 724 Å². The zero-order chi connectivity index (χ0) is 91.4. The van der Waals surface area contributed by atoms with E-state index in [0.717, 1.165) is 45.2 Å². The third-order valence-electron chi connectivity index (χ3n) is 21.0. The maximum absolute atomic E-state index is 14.2. The predicted octanol–water partition coefficient (Wildman–Crippen LogP) is -3.89. The monoisotopic (exact) mass is 1800 g/mol. The van der Waals surface area contributed by atoms with Crippen molar-refractivity contribution in [3.05, 3.63) is 0 Å². The Morgan fingerprint density at radius 2 is 0.694 bits per heavy atom. The summed E-state index contributed by atoms with van der Waals surface area (Å²) < 4.78 is 69.2. The largest absolute Gasteiger partial charge is 0.394 e. The first-order valence-corrected chi connectivity index (χ1v) is 45.5. The fraction of sp³-hybridized carbons (Fsp3) is 0.863. The number of rotatable bonds is 67. The lowest BCUT2D eigenvalue weighted by Crippen LogP contribution is -2.64. The molecule has 124 heavy (non-hydrogen) atoms. The van der Waals surface area contributed by atoms with Gasteiger partial charge in [0.2, 0.25) is 59.1 Å². The van der Waals surface area contributed by atoms with Crippen LogP contribution in [0.4, 0.5) is 0 Å². The van der Waals surface area contributed by atoms with Gasteiger partial charge in [0.05, 0.1) is 78.2 Å². The van der Waals surface area contributed by atoms with Crippen LogP contribution in [0.3, 0.4) is 0 Å². The maximum Gasteiger partial charge on any atom is 0.325 e. The van der Waals surface area contributed by atoms with Crippen LogP contribution in [0.15, 0.2) is 0 Å². The Hall–Kier alpha value is -6.24. The molecule has 4 heterocycles. The summed E-state index contributed by atoms with van der Waals surface area (Å²) in [7, 11) is -3.77. The molecule has 44 heteroatoms. The summed E-state index contributed by atoms with van der Waals surface area (Å²) in [6.45, 7) is 3.65. The highest BCUT2D eigenvalue weighted by Crippen LogP contribution is 2.38. The van der Waals surface area contributed by atoms with Crippen molar-refractivity contribution in [2.75, 3.05) is 138 Å². The van der Waals surface area contributed by atoms with E-state index in [4.69, 9.17) is 47.2 Å². The fourth-order valence-electron chi connectivity index (χ4n) is 14.3. The second kappa shape index (κ2) is 62.1. The number of unbranched alkanes of at least 4 members (excludes halogenated alkanes) is 10. The Morgan fingerprint density at radius 1 is 0.395 bits per heavy atom. The van der Waals surface area contributed by atoms with Crippen LogP contribution in [-0.2, 0) is 104 Å². The molecule has 18 atom stereocenters. The molecule has 16 unspecified atom stereocenters. The zero-order valence-electron chi connectivity index (χ0n) is 72.3. The number of nitrogens with zero attached hydrogens (tertiary/aromatic N) is 1. The minimum atomic E-state index is -3.77. The smallest absolute Gasteiger partial charge is 0.325 e. The van der Waals surface area contributed by atoms with Crippen LogP contribution < -0.4 is 47.9 Å². The second-order valence-corrected chi connectivity index (χ2v) is 33.9. The molecule has 0 spiro atoms. The Morgan fingerprint density at radius 3 is 1.00 bits per heavy atom. The molecular weight excluding hydrogens is 1660 g/mol. The normalized spacial score (nSPS) is 25.4.